The van der Waals surface area contributed by atoms with Gasteiger partial charge in [0.2, 0.25) is 0 Å². The fraction of sp³-hybridized carbons (Fsp3) is 1.00. The van der Waals surface area contributed by atoms with Crippen LogP contribution in [-0.4, -0.2) is 77.3 Å². The number of rotatable bonds is 9. The molecule has 0 aliphatic rings. The lowest BCUT2D eigenvalue weighted by molar-refractivity contribution is 0.390. The Bertz CT molecular complexity index is 101. The Morgan fingerprint density at radius 1 is 0.643 bits per heavy atom. The normalized spacial score (nSPS) is 11.6. The second kappa shape index (κ2) is 9.40. The summed E-state index contributed by atoms with van der Waals surface area (Å²) in [6.45, 7) is 6.47. The third kappa shape index (κ3) is 11.8. The zero-order chi connectivity index (χ0) is 10.8. The van der Waals surface area contributed by atoms with Gasteiger partial charge < -0.3 is 20.4 Å². The van der Waals surface area contributed by atoms with Crippen molar-refractivity contribution in [2.75, 3.05) is 67.5 Å². The highest BCUT2D eigenvalue weighted by atomic mass is 15.1. The lowest BCUT2D eigenvalue weighted by Gasteiger charge is -2.12. The van der Waals surface area contributed by atoms with Gasteiger partial charge in [0.1, 0.15) is 0 Å². The summed E-state index contributed by atoms with van der Waals surface area (Å²) in [6.07, 6.45) is 0. The van der Waals surface area contributed by atoms with Gasteiger partial charge in [-0.3, -0.25) is 0 Å². The number of hydrogen-bond donors (Lipinski definition) is 2. The van der Waals surface area contributed by atoms with Gasteiger partial charge in [0, 0.05) is 39.3 Å². The molecule has 2 N–H and O–H groups in total. The van der Waals surface area contributed by atoms with Crippen LogP contribution in [0.5, 0.6) is 0 Å². The van der Waals surface area contributed by atoms with Crippen LogP contribution in [0.15, 0.2) is 0 Å². The maximum Gasteiger partial charge on any atom is 0.0101 e. The van der Waals surface area contributed by atoms with Crippen LogP contribution in [0, 0.1) is 0 Å². The highest BCUT2D eigenvalue weighted by Gasteiger charge is 1.91. The molecule has 0 unspecified atom stereocenters. The van der Waals surface area contributed by atoms with Crippen LogP contribution in [0.25, 0.3) is 0 Å². The quantitative estimate of drug-likeness (QED) is 0.484. The Balaban J connectivity index is 2.92. The summed E-state index contributed by atoms with van der Waals surface area (Å²) >= 11 is 0. The van der Waals surface area contributed by atoms with Crippen LogP contribution in [0.1, 0.15) is 0 Å². The largest absolute Gasteiger partial charge is 0.314 e. The molecule has 0 saturated heterocycles. The van der Waals surface area contributed by atoms with E-state index in [1.807, 2.05) is 0 Å². The van der Waals surface area contributed by atoms with Crippen LogP contribution in [0.2, 0.25) is 0 Å². The van der Waals surface area contributed by atoms with E-state index in [4.69, 9.17) is 0 Å². The standard InChI is InChI=1S/C10H26N4/c1-13(2)9-7-11-5-6-12-8-10-14(3)4/h11-12H,5-10H2,1-4H3. The fourth-order valence-corrected chi connectivity index (χ4v) is 1.03. The molecule has 0 rings (SSSR count). The third-order valence-corrected chi connectivity index (χ3v) is 1.95. The molecule has 0 aromatic rings. The number of nitrogens with zero attached hydrogens (tertiary/aromatic N) is 2. The van der Waals surface area contributed by atoms with Gasteiger partial charge in [0.05, 0.1) is 0 Å². The first-order valence-electron chi connectivity index (χ1n) is 5.34. The van der Waals surface area contributed by atoms with E-state index in [0.29, 0.717) is 0 Å². The summed E-state index contributed by atoms with van der Waals surface area (Å²) in [5.74, 6) is 0. The second-order valence-corrected chi connectivity index (χ2v) is 4.11. The van der Waals surface area contributed by atoms with Crippen LogP contribution in [-0.2, 0) is 0 Å². The molecule has 86 valence electrons. The average molecular weight is 202 g/mol. The molecule has 4 nitrogen and oxygen atoms in total. The summed E-state index contributed by atoms with van der Waals surface area (Å²) in [4.78, 5) is 4.37. The molecule has 0 atom stereocenters. The van der Waals surface area contributed by atoms with Crippen molar-refractivity contribution in [2.24, 2.45) is 0 Å². The Hall–Kier alpha value is -0.160. The Morgan fingerprint density at radius 3 is 1.29 bits per heavy atom. The highest BCUT2D eigenvalue weighted by molar-refractivity contribution is 4.55. The van der Waals surface area contributed by atoms with Gasteiger partial charge in [-0.05, 0) is 28.2 Å². The van der Waals surface area contributed by atoms with Gasteiger partial charge in [0.25, 0.3) is 0 Å². The van der Waals surface area contributed by atoms with Crippen molar-refractivity contribution in [3.8, 4) is 0 Å². The topological polar surface area (TPSA) is 30.5 Å². The maximum atomic E-state index is 3.39. The summed E-state index contributed by atoms with van der Waals surface area (Å²) in [6, 6.07) is 0. The molecular formula is C10H26N4. The van der Waals surface area contributed by atoms with Crippen molar-refractivity contribution in [3.63, 3.8) is 0 Å². The first-order chi connectivity index (χ1) is 6.63. The average Bonchev–Trinajstić information content (AvgIpc) is 2.08. The molecule has 0 aliphatic carbocycles. The minimum atomic E-state index is 1.06. The molecular weight excluding hydrogens is 176 g/mol. The van der Waals surface area contributed by atoms with Crippen LogP contribution in [0.3, 0.4) is 0 Å². The summed E-state index contributed by atoms with van der Waals surface area (Å²) < 4.78 is 0. The smallest absolute Gasteiger partial charge is 0.0101 e. The molecule has 0 heterocycles. The van der Waals surface area contributed by atoms with E-state index >= 15 is 0 Å². The fourth-order valence-electron chi connectivity index (χ4n) is 1.03. The monoisotopic (exact) mass is 202 g/mol. The summed E-state index contributed by atoms with van der Waals surface area (Å²) in [5, 5.41) is 6.77. The van der Waals surface area contributed by atoms with Crippen molar-refractivity contribution >= 4 is 0 Å². The Labute approximate surface area is 88.6 Å². The second-order valence-electron chi connectivity index (χ2n) is 4.11. The van der Waals surface area contributed by atoms with Gasteiger partial charge in [-0.1, -0.05) is 0 Å². The van der Waals surface area contributed by atoms with Gasteiger partial charge in [-0.15, -0.1) is 0 Å². The van der Waals surface area contributed by atoms with Gasteiger partial charge in [-0.25, -0.2) is 0 Å². The molecule has 0 radical (unpaired) electrons. The molecule has 4 heteroatoms. The lowest BCUT2D eigenvalue weighted by Crippen LogP contribution is -2.34. The summed E-state index contributed by atoms with van der Waals surface area (Å²) in [5.41, 5.74) is 0. The zero-order valence-electron chi connectivity index (χ0n) is 10.1. The molecule has 0 aromatic heterocycles. The van der Waals surface area contributed by atoms with E-state index in [1.54, 1.807) is 0 Å². The molecule has 0 spiro atoms. The van der Waals surface area contributed by atoms with Gasteiger partial charge in [0.15, 0.2) is 0 Å². The molecule has 0 aromatic carbocycles. The SMILES string of the molecule is CN(C)CCNCCNCCN(C)C. The zero-order valence-corrected chi connectivity index (χ0v) is 10.1. The van der Waals surface area contributed by atoms with Crippen LogP contribution in [0.4, 0.5) is 0 Å². The van der Waals surface area contributed by atoms with Crippen molar-refractivity contribution in [1.82, 2.24) is 20.4 Å². The van der Waals surface area contributed by atoms with Crippen LogP contribution < -0.4 is 10.6 Å². The molecule has 0 aliphatic heterocycles. The van der Waals surface area contributed by atoms with E-state index in [1.165, 1.54) is 0 Å². The number of likely N-dealkylation sites (N-methyl/N-ethyl adjacent to an activating group) is 2. The molecule has 0 bridgehead atoms. The first-order valence-corrected chi connectivity index (χ1v) is 5.34. The van der Waals surface area contributed by atoms with Crippen molar-refractivity contribution in [3.05, 3.63) is 0 Å². The van der Waals surface area contributed by atoms with Crippen molar-refractivity contribution in [1.29, 1.82) is 0 Å². The predicted molar refractivity (Wildman–Crippen MR) is 62.8 cm³/mol. The number of hydrogen-bond acceptors (Lipinski definition) is 4. The van der Waals surface area contributed by atoms with E-state index < -0.39 is 0 Å². The number of nitrogens with one attached hydrogen (secondary N) is 2. The van der Waals surface area contributed by atoms with E-state index in [-0.39, 0.29) is 0 Å². The Kier molecular flexibility index (Phi) is 9.29. The minimum Gasteiger partial charge on any atom is -0.314 e. The molecule has 14 heavy (non-hydrogen) atoms. The van der Waals surface area contributed by atoms with E-state index in [0.717, 1.165) is 39.3 Å². The lowest BCUT2D eigenvalue weighted by atomic mass is 10.5. The summed E-state index contributed by atoms with van der Waals surface area (Å²) in [7, 11) is 8.38. The maximum absolute atomic E-state index is 3.39. The molecule has 0 saturated carbocycles. The molecule has 0 fully saturated rings. The molecule has 0 amide bonds. The van der Waals surface area contributed by atoms with Crippen molar-refractivity contribution in [2.45, 2.75) is 0 Å². The highest BCUT2D eigenvalue weighted by Crippen LogP contribution is 1.71. The third-order valence-electron chi connectivity index (χ3n) is 1.95. The van der Waals surface area contributed by atoms with Gasteiger partial charge >= 0.3 is 0 Å². The Morgan fingerprint density at radius 2 is 1.00 bits per heavy atom. The first kappa shape index (κ1) is 13.8. The van der Waals surface area contributed by atoms with Crippen molar-refractivity contribution < 1.29 is 0 Å². The van der Waals surface area contributed by atoms with E-state index in [9.17, 15) is 0 Å². The van der Waals surface area contributed by atoms with Crippen LogP contribution >= 0.6 is 0 Å². The predicted octanol–water partition coefficient (Wildman–Crippen LogP) is -0.711. The minimum absolute atomic E-state index is 1.06. The van der Waals surface area contributed by atoms with E-state index in [2.05, 4.69) is 48.6 Å². The van der Waals surface area contributed by atoms with Gasteiger partial charge in [-0.2, -0.15) is 0 Å².